The van der Waals surface area contributed by atoms with Gasteiger partial charge in [-0.15, -0.1) is 0 Å². The second kappa shape index (κ2) is 3.49. The molecule has 0 amide bonds. The monoisotopic (exact) mass is 258 g/mol. The van der Waals surface area contributed by atoms with Gasteiger partial charge < -0.3 is 9.47 Å². The quantitative estimate of drug-likeness (QED) is 0.669. The predicted octanol–water partition coefficient (Wildman–Crippen LogP) is 3.59. The number of hydrogen-bond acceptors (Lipinski definition) is 2. The van der Waals surface area contributed by atoms with Gasteiger partial charge in [0.1, 0.15) is 0 Å². The fraction of sp³-hybridized carbons (Fsp3) is 0.800. The van der Waals surface area contributed by atoms with Crippen LogP contribution in [0.25, 0.3) is 0 Å². The zero-order chi connectivity index (χ0) is 12.9. The highest BCUT2D eigenvalue weighted by atomic mass is 19.3. The number of alkyl halides is 5. The second-order valence-electron chi connectivity index (χ2n) is 4.30. The summed E-state index contributed by atoms with van der Waals surface area (Å²) in [7, 11) is 0. The fourth-order valence-electron chi connectivity index (χ4n) is 2.42. The lowest BCUT2D eigenvalue weighted by Gasteiger charge is -2.44. The number of halogens is 5. The molecule has 2 rings (SSSR count). The topological polar surface area (TPSA) is 18.5 Å². The Morgan fingerprint density at radius 3 is 1.76 bits per heavy atom. The van der Waals surface area contributed by atoms with E-state index in [1.54, 1.807) is 0 Å². The highest BCUT2D eigenvalue weighted by molar-refractivity contribution is 5.07. The van der Waals surface area contributed by atoms with Crippen LogP contribution in [0, 0.1) is 5.92 Å². The van der Waals surface area contributed by atoms with Crippen molar-refractivity contribution < 1.29 is 31.4 Å². The van der Waals surface area contributed by atoms with Gasteiger partial charge in [-0.3, -0.25) is 0 Å². The minimum Gasteiger partial charge on any atom is -0.398 e. The molecule has 1 saturated carbocycles. The molecule has 2 nitrogen and oxygen atoms in total. The van der Waals surface area contributed by atoms with E-state index >= 15 is 0 Å². The Morgan fingerprint density at radius 2 is 1.35 bits per heavy atom. The van der Waals surface area contributed by atoms with E-state index in [1.807, 2.05) is 0 Å². The molecule has 1 saturated heterocycles. The summed E-state index contributed by atoms with van der Waals surface area (Å²) in [6.07, 6.45) is -8.49. The minimum atomic E-state index is -4.64. The summed E-state index contributed by atoms with van der Waals surface area (Å²) in [5, 5.41) is 0. The second-order valence-corrected chi connectivity index (χ2v) is 4.30. The molecule has 17 heavy (non-hydrogen) atoms. The molecule has 0 unspecified atom stereocenters. The van der Waals surface area contributed by atoms with Gasteiger partial charge in [0, 0.05) is 5.92 Å². The van der Waals surface area contributed by atoms with Gasteiger partial charge >= 0.3 is 17.9 Å². The van der Waals surface area contributed by atoms with E-state index in [0.717, 1.165) is 0 Å². The Kier molecular flexibility index (Phi) is 2.56. The molecule has 7 heteroatoms. The third-order valence-electron chi connectivity index (χ3n) is 3.25. The van der Waals surface area contributed by atoms with Crippen LogP contribution in [0.1, 0.15) is 25.7 Å². The van der Waals surface area contributed by atoms with E-state index in [-0.39, 0.29) is 12.8 Å². The zero-order valence-electron chi connectivity index (χ0n) is 8.82. The molecule has 98 valence electrons. The molecule has 1 aliphatic heterocycles. The molecule has 1 heterocycles. The molecule has 0 aromatic heterocycles. The highest BCUT2D eigenvalue weighted by Crippen LogP contribution is 2.58. The first-order chi connectivity index (χ1) is 7.71. The van der Waals surface area contributed by atoms with Crippen LogP contribution < -0.4 is 0 Å². The normalized spacial score (nSPS) is 30.8. The van der Waals surface area contributed by atoms with Crippen LogP contribution in [-0.4, -0.2) is 17.9 Å². The van der Waals surface area contributed by atoms with Crippen LogP contribution >= 0.6 is 0 Å². The summed E-state index contributed by atoms with van der Waals surface area (Å²) in [4.78, 5) is 0. The van der Waals surface area contributed by atoms with Crippen LogP contribution in [0.2, 0.25) is 0 Å². The van der Waals surface area contributed by atoms with Crippen LogP contribution in [0.4, 0.5) is 22.0 Å². The Balaban J connectivity index is 2.42. The van der Waals surface area contributed by atoms with Crippen LogP contribution in [0.3, 0.4) is 0 Å². The molecule has 0 N–H and O–H groups in total. The first-order valence-electron chi connectivity index (χ1n) is 5.22. The van der Waals surface area contributed by atoms with Gasteiger partial charge in [0.15, 0.2) is 0 Å². The lowest BCUT2D eigenvalue weighted by atomic mass is 9.84. The summed E-state index contributed by atoms with van der Waals surface area (Å²) in [5.74, 6) is -2.76. The van der Waals surface area contributed by atoms with E-state index in [1.165, 1.54) is 0 Å². The maximum Gasteiger partial charge on any atom is 0.445 e. The molecular formula is C10H11F5O2. The molecule has 0 radical (unpaired) electrons. The van der Waals surface area contributed by atoms with E-state index < -0.39 is 29.7 Å². The number of rotatable bonds is 1. The van der Waals surface area contributed by atoms with Crippen LogP contribution in [-0.2, 0) is 9.47 Å². The standard InChI is InChI=1S/C10H11F5O2/c1-6-16-9(12,13)8(11,10(14,15)17-6)7-4-2-3-5-7/h7H,1-5H2. The maximum absolute atomic E-state index is 14.2. The molecule has 0 spiro atoms. The van der Waals surface area contributed by atoms with Crippen LogP contribution in [0.15, 0.2) is 12.5 Å². The summed E-state index contributed by atoms with van der Waals surface area (Å²) in [6.45, 7) is 2.73. The predicted molar refractivity (Wildman–Crippen MR) is 47.0 cm³/mol. The van der Waals surface area contributed by atoms with Crippen LogP contribution in [0.5, 0.6) is 0 Å². The molecule has 0 aromatic rings. The van der Waals surface area contributed by atoms with Crippen molar-refractivity contribution in [1.82, 2.24) is 0 Å². The van der Waals surface area contributed by atoms with Crippen molar-refractivity contribution in [1.29, 1.82) is 0 Å². The van der Waals surface area contributed by atoms with E-state index in [9.17, 15) is 22.0 Å². The minimum absolute atomic E-state index is 0.0408. The van der Waals surface area contributed by atoms with Crippen molar-refractivity contribution in [3.8, 4) is 0 Å². The van der Waals surface area contributed by atoms with E-state index in [4.69, 9.17) is 0 Å². The summed E-state index contributed by atoms with van der Waals surface area (Å²) >= 11 is 0. The van der Waals surface area contributed by atoms with E-state index in [0.29, 0.717) is 12.8 Å². The lowest BCUT2D eigenvalue weighted by molar-refractivity contribution is -0.463. The summed E-state index contributed by atoms with van der Waals surface area (Å²) in [6, 6.07) is 0. The van der Waals surface area contributed by atoms with Crippen molar-refractivity contribution >= 4 is 0 Å². The molecule has 1 aliphatic carbocycles. The SMILES string of the molecule is C=C1OC(F)(F)C(F)(C2CCCC2)C(F)(F)O1. The van der Waals surface area contributed by atoms with Gasteiger partial charge in [-0.1, -0.05) is 12.8 Å². The average molecular weight is 258 g/mol. The molecule has 0 aromatic carbocycles. The molecule has 2 fully saturated rings. The molecule has 0 bridgehead atoms. The van der Waals surface area contributed by atoms with Crippen molar-refractivity contribution in [3.63, 3.8) is 0 Å². The van der Waals surface area contributed by atoms with Crippen molar-refractivity contribution in [2.75, 3.05) is 0 Å². The lowest BCUT2D eigenvalue weighted by Crippen LogP contribution is -2.66. The fourth-order valence-corrected chi connectivity index (χ4v) is 2.42. The van der Waals surface area contributed by atoms with Gasteiger partial charge in [0.25, 0.3) is 5.95 Å². The number of ether oxygens (including phenoxy) is 2. The van der Waals surface area contributed by atoms with Gasteiger partial charge in [0.2, 0.25) is 0 Å². The van der Waals surface area contributed by atoms with Gasteiger partial charge in [-0.25, -0.2) is 4.39 Å². The number of hydrogen-bond donors (Lipinski definition) is 0. The largest absolute Gasteiger partial charge is 0.445 e. The van der Waals surface area contributed by atoms with Gasteiger partial charge in [-0.05, 0) is 19.4 Å². The Labute approximate surface area is 94.4 Å². The third kappa shape index (κ3) is 1.58. The zero-order valence-corrected chi connectivity index (χ0v) is 8.82. The maximum atomic E-state index is 14.2. The Bertz CT molecular complexity index is 316. The van der Waals surface area contributed by atoms with E-state index in [2.05, 4.69) is 16.1 Å². The van der Waals surface area contributed by atoms with Crippen molar-refractivity contribution in [3.05, 3.63) is 12.5 Å². The van der Waals surface area contributed by atoms with Gasteiger partial charge in [0.05, 0.1) is 0 Å². The first kappa shape index (κ1) is 12.4. The molecule has 0 atom stereocenters. The Morgan fingerprint density at radius 1 is 0.941 bits per heavy atom. The molecule has 2 aliphatic rings. The smallest absolute Gasteiger partial charge is 0.398 e. The van der Waals surface area contributed by atoms with Crippen molar-refractivity contribution in [2.24, 2.45) is 5.92 Å². The summed E-state index contributed by atoms with van der Waals surface area (Å²) in [5.41, 5.74) is -4.14. The first-order valence-corrected chi connectivity index (χ1v) is 5.22. The summed E-state index contributed by atoms with van der Waals surface area (Å²) < 4.78 is 75.4. The average Bonchev–Trinajstić information content (AvgIpc) is 2.64. The Hall–Kier alpha value is -1.01. The highest BCUT2D eigenvalue weighted by Gasteiger charge is 2.80. The van der Waals surface area contributed by atoms with Gasteiger partial charge in [-0.2, -0.15) is 17.6 Å². The molecular weight excluding hydrogens is 247 g/mol. The van der Waals surface area contributed by atoms with Crippen molar-refractivity contribution in [2.45, 2.75) is 43.6 Å². The third-order valence-corrected chi connectivity index (χ3v) is 3.25.